The fraction of sp³-hybridized carbons (Fsp3) is 0.529. The second-order valence-corrected chi connectivity index (χ2v) is 13.4. The number of ether oxygens (including phenoxy) is 3. The SMILES string of the molecule is CCC1(C)C=Cc2c(O)c3c(c(CC=C(C)C)c2O1)O[C@]12C(=C[C@@H]4C[C@H]1C(C)(C)O[C@@]2(CC=C(C)C)C4=O)C3=O. The third kappa shape index (κ3) is 3.32. The number of phenols is 1. The Balaban J connectivity index is 1.67. The van der Waals surface area contributed by atoms with Crippen LogP contribution in [0.4, 0.5) is 0 Å². The van der Waals surface area contributed by atoms with Gasteiger partial charge in [-0.3, -0.25) is 9.59 Å². The van der Waals surface area contributed by atoms with Gasteiger partial charge in [-0.2, -0.15) is 0 Å². The van der Waals surface area contributed by atoms with Crippen molar-refractivity contribution in [3.63, 3.8) is 0 Å². The number of phenolic OH excluding ortho intramolecular Hbond substituents is 1. The minimum atomic E-state index is -1.34. The van der Waals surface area contributed by atoms with Crippen LogP contribution in [0.2, 0.25) is 0 Å². The number of Topliss-reactive ketones (excluding diaryl/α,β-unsaturated/α-hetero) is 2. The normalized spacial score (nSPS) is 33.8. The van der Waals surface area contributed by atoms with Gasteiger partial charge in [-0.05, 0) is 79.9 Å². The Hall–Kier alpha value is -3.12. The minimum Gasteiger partial charge on any atom is -0.506 e. The predicted octanol–water partition coefficient (Wildman–Crippen LogP) is 6.84. The maximum atomic E-state index is 14.6. The predicted molar refractivity (Wildman–Crippen MR) is 154 cm³/mol. The fourth-order valence-corrected chi connectivity index (χ4v) is 7.54. The van der Waals surface area contributed by atoms with Crippen LogP contribution in [0.15, 0.2) is 41.0 Å². The van der Waals surface area contributed by atoms with Crippen LogP contribution in [0.3, 0.4) is 0 Å². The van der Waals surface area contributed by atoms with E-state index in [4.69, 9.17) is 14.2 Å². The van der Waals surface area contributed by atoms with Gasteiger partial charge in [0.15, 0.2) is 22.8 Å². The molecule has 6 aliphatic rings. The van der Waals surface area contributed by atoms with E-state index < -0.39 is 28.3 Å². The molecule has 2 fully saturated rings. The lowest BCUT2D eigenvalue weighted by Crippen LogP contribution is -2.72. The smallest absolute Gasteiger partial charge is 0.200 e. The van der Waals surface area contributed by atoms with Crippen molar-refractivity contribution in [3.8, 4) is 17.2 Å². The van der Waals surface area contributed by atoms with Gasteiger partial charge < -0.3 is 19.3 Å². The van der Waals surface area contributed by atoms with Crippen molar-refractivity contribution < 1.29 is 28.9 Å². The van der Waals surface area contributed by atoms with E-state index in [0.717, 1.165) is 17.6 Å². The second-order valence-electron chi connectivity index (χ2n) is 13.4. The third-order valence-corrected chi connectivity index (χ3v) is 9.76. The highest BCUT2D eigenvalue weighted by atomic mass is 16.6. The zero-order valence-corrected chi connectivity index (χ0v) is 24.9. The summed E-state index contributed by atoms with van der Waals surface area (Å²) >= 11 is 0. The van der Waals surface area contributed by atoms with Crippen LogP contribution in [0.25, 0.3) is 6.08 Å². The van der Waals surface area contributed by atoms with E-state index in [0.29, 0.717) is 47.5 Å². The van der Waals surface area contributed by atoms with Crippen LogP contribution in [0.1, 0.15) is 96.1 Å². The summed E-state index contributed by atoms with van der Waals surface area (Å²) in [4.78, 5) is 28.7. The van der Waals surface area contributed by atoms with Crippen LogP contribution in [0.5, 0.6) is 17.2 Å². The Labute approximate surface area is 236 Å². The molecule has 0 radical (unpaired) electrons. The van der Waals surface area contributed by atoms with Gasteiger partial charge in [0.25, 0.3) is 0 Å². The van der Waals surface area contributed by atoms with Gasteiger partial charge in [-0.1, -0.05) is 36.3 Å². The monoisotopic (exact) mass is 544 g/mol. The fourth-order valence-electron chi connectivity index (χ4n) is 7.54. The molecule has 40 heavy (non-hydrogen) atoms. The lowest BCUT2D eigenvalue weighted by Gasteiger charge is -2.56. The molecule has 6 nitrogen and oxygen atoms in total. The number of hydrogen-bond donors (Lipinski definition) is 1. The zero-order chi connectivity index (χ0) is 29.0. The Morgan fingerprint density at radius 3 is 2.40 bits per heavy atom. The molecule has 3 aliphatic heterocycles. The summed E-state index contributed by atoms with van der Waals surface area (Å²) in [6, 6.07) is 0. The van der Waals surface area contributed by atoms with Crippen molar-refractivity contribution in [2.75, 3.05) is 0 Å². The van der Waals surface area contributed by atoms with Crippen molar-refractivity contribution in [1.29, 1.82) is 0 Å². The van der Waals surface area contributed by atoms with Crippen molar-refractivity contribution in [2.24, 2.45) is 11.8 Å². The number of aromatic hydroxyl groups is 1. The molecule has 5 atom stereocenters. The first-order chi connectivity index (χ1) is 18.7. The molecular formula is C34H40O6. The molecule has 7 rings (SSSR count). The van der Waals surface area contributed by atoms with Crippen LogP contribution in [-0.4, -0.2) is 39.1 Å². The molecule has 1 aromatic carbocycles. The number of fused-ring (bicyclic) bond motifs is 2. The van der Waals surface area contributed by atoms with Gasteiger partial charge in [0.1, 0.15) is 28.4 Å². The standard InChI is InChI=1S/C34H40O6/c1-9-32(8)14-13-21-26(35)25-27(36)23-16-20-17-24-31(6,7)40-33(30(20)37,15-12-19(4)5)34(23,24)39-29(25)22(28(21)38-32)11-10-18(2)3/h10,12-14,16,20,24,35H,9,11,15,17H2,1-8H3/t20-,24+,32?,33+,34-/m1/s1. The molecule has 1 aromatic rings. The average Bonchev–Trinajstić information content (AvgIpc) is 3.04. The summed E-state index contributed by atoms with van der Waals surface area (Å²) < 4.78 is 20.5. The van der Waals surface area contributed by atoms with Gasteiger partial charge in [0.2, 0.25) is 0 Å². The van der Waals surface area contributed by atoms with Gasteiger partial charge in [-0.25, -0.2) is 0 Å². The maximum Gasteiger partial charge on any atom is 0.200 e. The van der Waals surface area contributed by atoms with Crippen molar-refractivity contribution in [2.45, 2.75) is 103 Å². The zero-order valence-electron chi connectivity index (χ0n) is 24.9. The largest absolute Gasteiger partial charge is 0.506 e. The summed E-state index contributed by atoms with van der Waals surface area (Å²) in [5, 5.41) is 11.6. The molecule has 0 amide bonds. The van der Waals surface area contributed by atoms with E-state index in [-0.39, 0.29) is 28.8 Å². The molecule has 212 valence electrons. The minimum absolute atomic E-state index is 0.0300. The van der Waals surface area contributed by atoms with E-state index in [1.807, 2.05) is 66.7 Å². The summed E-state index contributed by atoms with van der Waals surface area (Å²) in [5.41, 5.74) is 0.0690. The maximum absolute atomic E-state index is 14.6. The number of allylic oxidation sites excluding steroid dienone is 4. The Bertz CT molecular complexity index is 1480. The quantitative estimate of drug-likeness (QED) is 0.409. The number of ketones is 2. The third-order valence-electron chi connectivity index (χ3n) is 9.76. The van der Waals surface area contributed by atoms with E-state index in [1.54, 1.807) is 6.08 Å². The molecule has 0 aromatic heterocycles. The topological polar surface area (TPSA) is 82.1 Å². The Kier molecular flexibility index (Phi) is 5.72. The summed E-state index contributed by atoms with van der Waals surface area (Å²) in [6.45, 7) is 16.1. The Morgan fingerprint density at radius 1 is 1.05 bits per heavy atom. The average molecular weight is 545 g/mol. The second kappa shape index (κ2) is 8.45. The number of rotatable bonds is 5. The molecule has 6 heteroatoms. The molecule has 1 spiro atoms. The highest BCUT2D eigenvalue weighted by Crippen LogP contribution is 2.68. The Morgan fingerprint density at radius 2 is 1.75 bits per heavy atom. The number of carbonyl (C=O) groups is 2. The van der Waals surface area contributed by atoms with Crippen LogP contribution < -0.4 is 9.47 Å². The van der Waals surface area contributed by atoms with E-state index in [9.17, 15) is 14.7 Å². The van der Waals surface area contributed by atoms with E-state index >= 15 is 0 Å². The molecule has 1 saturated carbocycles. The number of carbonyl (C=O) groups excluding carboxylic acids is 2. The summed E-state index contributed by atoms with van der Waals surface area (Å²) in [6.07, 6.45) is 11.7. The van der Waals surface area contributed by atoms with Crippen LogP contribution >= 0.6 is 0 Å². The molecule has 4 bridgehead atoms. The number of hydrogen-bond acceptors (Lipinski definition) is 6. The van der Waals surface area contributed by atoms with Crippen molar-refractivity contribution in [3.05, 3.63) is 57.7 Å². The van der Waals surface area contributed by atoms with E-state index in [1.165, 1.54) is 0 Å². The highest BCUT2D eigenvalue weighted by molar-refractivity contribution is 6.19. The summed E-state index contributed by atoms with van der Waals surface area (Å²) in [7, 11) is 0. The first-order valence-corrected chi connectivity index (χ1v) is 14.5. The first-order valence-electron chi connectivity index (χ1n) is 14.5. The highest BCUT2D eigenvalue weighted by Gasteiger charge is 2.81. The molecule has 3 aliphatic carbocycles. The van der Waals surface area contributed by atoms with Crippen molar-refractivity contribution >= 4 is 17.6 Å². The van der Waals surface area contributed by atoms with Gasteiger partial charge in [0.05, 0.1) is 11.2 Å². The van der Waals surface area contributed by atoms with Gasteiger partial charge in [0, 0.05) is 29.4 Å². The number of benzene rings is 1. The molecule has 3 heterocycles. The molecule has 1 N–H and O–H groups in total. The van der Waals surface area contributed by atoms with Crippen LogP contribution in [0, 0.1) is 11.8 Å². The van der Waals surface area contributed by atoms with Crippen LogP contribution in [-0.2, 0) is 16.0 Å². The lowest BCUT2D eigenvalue weighted by atomic mass is 9.51. The molecule has 1 unspecified atom stereocenters. The van der Waals surface area contributed by atoms with E-state index in [2.05, 4.69) is 13.0 Å². The lowest BCUT2D eigenvalue weighted by molar-refractivity contribution is -0.171. The van der Waals surface area contributed by atoms with Gasteiger partial charge in [-0.15, -0.1) is 0 Å². The van der Waals surface area contributed by atoms with Gasteiger partial charge >= 0.3 is 0 Å². The van der Waals surface area contributed by atoms with Crippen molar-refractivity contribution in [1.82, 2.24) is 0 Å². The first kappa shape index (κ1) is 27.1. The molecule has 1 saturated heterocycles. The molecular weight excluding hydrogens is 504 g/mol. The summed E-state index contributed by atoms with van der Waals surface area (Å²) in [5.74, 6) is -0.271.